The van der Waals surface area contributed by atoms with Gasteiger partial charge in [0.25, 0.3) is 0 Å². The van der Waals surface area contributed by atoms with Gasteiger partial charge in [0.15, 0.2) is 0 Å². The molecule has 2 rings (SSSR count). The van der Waals surface area contributed by atoms with E-state index in [1.165, 1.54) is 17.3 Å². The molecule has 0 heterocycles. The van der Waals surface area contributed by atoms with Gasteiger partial charge in [-0.2, -0.15) is 0 Å². The molecule has 1 unspecified atom stereocenters. The maximum Gasteiger partial charge on any atom is 0.317 e. The van der Waals surface area contributed by atoms with E-state index in [0.29, 0.717) is 11.4 Å². The molecule has 2 aromatic rings. The van der Waals surface area contributed by atoms with Crippen molar-refractivity contribution in [2.45, 2.75) is 29.9 Å². The van der Waals surface area contributed by atoms with Crippen molar-refractivity contribution in [3.05, 3.63) is 64.7 Å². The predicted molar refractivity (Wildman–Crippen MR) is 88.3 cm³/mol. The lowest BCUT2D eigenvalue weighted by Gasteiger charge is -2.14. The Morgan fingerprint density at radius 3 is 2.33 bits per heavy atom. The molecular weight excluding hydrogens is 304 g/mol. The summed E-state index contributed by atoms with van der Waals surface area (Å²) in [4.78, 5) is 12.4. The second-order valence-corrected chi connectivity index (χ2v) is 6.44. The molecule has 21 heavy (non-hydrogen) atoms. The van der Waals surface area contributed by atoms with Gasteiger partial charge in [-0.1, -0.05) is 42.8 Å². The third-order valence-corrected chi connectivity index (χ3v) is 4.72. The van der Waals surface area contributed by atoms with Crippen molar-refractivity contribution in [1.29, 1.82) is 0 Å². The number of carbonyl (C=O) groups is 1. The van der Waals surface area contributed by atoms with Crippen LogP contribution in [0.5, 0.6) is 0 Å². The normalized spacial score (nSPS) is 12.1. The molecule has 1 N–H and O–H groups in total. The van der Waals surface area contributed by atoms with Crippen molar-refractivity contribution in [3.63, 3.8) is 0 Å². The first-order chi connectivity index (χ1) is 10.1. The van der Waals surface area contributed by atoms with Crippen LogP contribution >= 0.6 is 23.4 Å². The Balaban J connectivity index is 2.16. The Kier molecular flexibility index (Phi) is 5.71. The molecule has 0 aliphatic rings. The summed E-state index contributed by atoms with van der Waals surface area (Å²) in [5, 5.41) is 9.62. The van der Waals surface area contributed by atoms with Crippen LogP contribution in [0, 0.1) is 0 Å². The largest absolute Gasteiger partial charge is 0.480 e. The fourth-order valence-electron chi connectivity index (χ4n) is 2.16. The molecule has 0 aliphatic heterocycles. The highest BCUT2D eigenvalue weighted by atomic mass is 35.5. The minimum absolute atomic E-state index is 0.501. The van der Waals surface area contributed by atoms with E-state index in [0.717, 1.165) is 16.9 Å². The van der Waals surface area contributed by atoms with Crippen LogP contribution in [0.25, 0.3) is 0 Å². The average molecular weight is 321 g/mol. The van der Waals surface area contributed by atoms with Crippen LogP contribution in [-0.2, 0) is 17.6 Å². The van der Waals surface area contributed by atoms with Crippen molar-refractivity contribution < 1.29 is 9.90 Å². The third kappa shape index (κ3) is 4.51. The lowest BCUT2D eigenvalue weighted by atomic mass is 10.0. The number of hydrogen-bond donors (Lipinski definition) is 1. The highest BCUT2D eigenvalue weighted by Crippen LogP contribution is 2.28. The molecule has 0 bridgehead atoms. The van der Waals surface area contributed by atoms with Gasteiger partial charge in [0, 0.05) is 9.92 Å². The molecule has 0 spiro atoms. The van der Waals surface area contributed by atoms with E-state index in [9.17, 15) is 9.90 Å². The first-order valence-corrected chi connectivity index (χ1v) is 8.07. The number of aliphatic carboxylic acids is 1. The summed E-state index contributed by atoms with van der Waals surface area (Å²) in [5.41, 5.74) is 2.31. The number of benzene rings is 2. The van der Waals surface area contributed by atoms with E-state index in [1.54, 1.807) is 12.1 Å². The van der Waals surface area contributed by atoms with Gasteiger partial charge in [-0.25, -0.2) is 0 Å². The molecule has 2 aromatic carbocycles. The zero-order valence-corrected chi connectivity index (χ0v) is 13.3. The van der Waals surface area contributed by atoms with Gasteiger partial charge < -0.3 is 5.11 Å². The molecule has 4 heteroatoms. The number of carboxylic acids is 1. The van der Waals surface area contributed by atoms with Crippen LogP contribution in [0.15, 0.2) is 53.4 Å². The predicted octanol–water partition coefficient (Wildman–Crippen LogP) is 4.69. The van der Waals surface area contributed by atoms with E-state index in [2.05, 4.69) is 13.0 Å². The zero-order chi connectivity index (χ0) is 15.2. The Morgan fingerprint density at radius 2 is 1.76 bits per heavy atom. The van der Waals surface area contributed by atoms with Crippen LogP contribution in [0.4, 0.5) is 0 Å². The van der Waals surface area contributed by atoms with E-state index in [1.807, 2.05) is 30.3 Å². The molecule has 0 fully saturated rings. The summed E-state index contributed by atoms with van der Waals surface area (Å²) in [6, 6.07) is 15.3. The van der Waals surface area contributed by atoms with Crippen molar-refractivity contribution in [2.24, 2.45) is 0 Å². The minimum atomic E-state index is -0.791. The molecule has 0 saturated carbocycles. The van der Waals surface area contributed by atoms with Crippen molar-refractivity contribution in [3.8, 4) is 0 Å². The van der Waals surface area contributed by atoms with Crippen molar-refractivity contribution in [1.82, 2.24) is 0 Å². The Labute approximate surface area is 134 Å². The summed E-state index contributed by atoms with van der Waals surface area (Å²) in [6.07, 6.45) is 1.43. The number of thioether (sulfide) groups is 1. The SMILES string of the molecule is CCc1ccccc1CC(Sc1ccc(Cl)cc1)C(=O)O. The summed E-state index contributed by atoms with van der Waals surface area (Å²) >= 11 is 7.22. The standard InChI is InChI=1S/C17H17ClO2S/c1-2-12-5-3-4-6-13(12)11-16(17(19)20)21-15-9-7-14(18)8-10-15/h3-10,16H,2,11H2,1H3,(H,19,20). The highest BCUT2D eigenvalue weighted by molar-refractivity contribution is 8.00. The number of hydrogen-bond acceptors (Lipinski definition) is 2. The fourth-order valence-corrected chi connectivity index (χ4v) is 3.27. The molecule has 0 aliphatic carbocycles. The van der Waals surface area contributed by atoms with Crippen LogP contribution < -0.4 is 0 Å². The van der Waals surface area contributed by atoms with Crippen LogP contribution in [0.2, 0.25) is 5.02 Å². The van der Waals surface area contributed by atoms with Crippen molar-refractivity contribution in [2.75, 3.05) is 0 Å². The maximum absolute atomic E-state index is 11.5. The van der Waals surface area contributed by atoms with Gasteiger partial charge in [-0.15, -0.1) is 11.8 Å². The first-order valence-electron chi connectivity index (χ1n) is 6.82. The Hall–Kier alpha value is -1.45. The molecule has 0 radical (unpaired) electrons. The topological polar surface area (TPSA) is 37.3 Å². The summed E-state index contributed by atoms with van der Waals surface area (Å²) in [5.74, 6) is -0.791. The number of aryl methyl sites for hydroxylation is 1. The second kappa shape index (κ2) is 7.53. The number of carboxylic acid groups (broad SMARTS) is 1. The Morgan fingerprint density at radius 1 is 1.14 bits per heavy atom. The van der Waals surface area contributed by atoms with Gasteiger partial charge in [0.1, 0.15) is 5.25 Å². The number of rotatable bonds is 6. The van der Waals surface area contributed by atoms with E-state index >= 15 is 0 Å². The van der Waals surface area contributed by atoms with Crippen LogP contribution in [0.3, 0.4) is 0 Å². The van der Waals surface area contributed by atoms with Gasteiger partial charge in [0.2, 0.25) is 0 Å². The zero-order valence-electron chi connectivity index (χ0n) is 11.8. The Bertz CT molecular complexity index is 610. The van der Waals surface area contributed by atoms with E-state index in [4.69, 9.17) is 11.6 Å². The monoisotopic (exact) mass is 320 g/mol. The molecule has 110 valence electrons. The average Bonchev–Trinajstić information content (AvgIpc) is 2.49. The summed E-state index contributed by atoms with van der Waals surface area (Å²) in [7, 11) is 0. The lowest BCUT2D eigenvalue weighted by molar-refractivity contribution is -0.136. The lowest BCUT2D eigenvalue weighted by Crippen LogP contribution is -2.19. The van der Waals surface area contributed by atoms with E-state index < -0.39 is 11.2 Å². The second-order valence-electron chi connectivity index (χ2n) is 4.73. The van der Waals surface area contributed by atoms with Crippen molar-refractivity contribution >= 4 is 29.3 Å². The van der Waals surface area contributed by atoms with Gasteiger partial charge in [-0.05, 0) is 48.2 Å². The van der Waals surface area contributed by atoms with Gasteiger partial charge in [-0.3, -0.25) is 4.79 Å². The molecule has 0 aromatic heterocycles. The molecular formula is C17H17ClO2S. The molecule has 0 saturated heterocycles. The molecule has 0 amide bonds. The summed E-state index contributed by atoms with van der Waals surface area (Å²) in [6.45, 7) is 2.08. The number of halogens is 1. The molecule has 1 atom stereocenters. The summed E-state index contributed by atoms with van der Waals surface area (Å²) < 4.78 is 0. The smallest absolute Gasteiger partial charge is 0.317 e. The van der Waals surface area contributed by atoms with Crippen LogP contribution in [0.1, 0.15) is 18.1 Å². The minimum Gasteiger partial charge on any atom is -0.480 e. The third-order valence-electron chi connectivity index (χ3n) is 3.27. The highest BCUT2D eigenvalue weighted by Gasteiger charge is 2.20. The quantitative estimate of drug-likeness (QED) is 0.784. The maximum atomic E-state index is 11.5. The van der Waals surface area contributed by atoms with Crippen LogP contribution in [-0.4, -0.2) is 16.3 Å². The first kappa shape index (κ1) is 15.9. The fraction of sp³-hybridized carbons (Fsp3) is 0.235. The van der Waals surface area contributed by atoms with Gasteiger partial charge >= 0.3 is 5.97 Å². The van der Waals surface area contributed by atoms with Gasteiger partial charge in [0.05, 0.1) is 0 Å². The van der Waals surface area contributed by atoms with E-state index in [-0.39, 0.29) is 0 Å². The molecule has 2 nitrogen and oxygen atoms in total.